The van der Waals surface area contributed by atoms with Crippen LogP contribution in [0.5, 0.6) is 5.75 Å². The predicted molar refractivity (Wildman–Crippen MR) is 106 cm³/mol. The van der Waals surface area contributed by atoms with Crippen molar-refractivity contribution in [3.8, 4) is 16.9 Å². The van der Waals surface area contributed by atoms with Crippen LogP contribution < -0.4 is 21.9 Å². The standard InChI is InChI=1S/C17H19Cl2N5O2/c1-25-6-7-26-12-4-2-10(3-5-12)15-13(18)8-11(9-14(15)19)23-17(22)24-16(20)21/h2-5,8-9H,6-7H2,1H3,(H6,20,21,22,23,24). The summed E-state index contributed by atoms with van der Waals surface area (Å²) in [5.74, 6) is 0.444. The van der Waals surface area contributed by atoms with Crippen LogP contribution in [0.1, 0.15) is 0 Å². The van der Waals surface area contributed by atoms with E-state index < -0.39 is 0 Å². The van der Waals surface area contributed by atoms with E-state index in [9.17, 15) is 0 Å². The molecule has 0 atom stereocenters. The van der Waals surface area contributed by atoms with Gasteiger partial charge >= 0.3 is 0 Å². The molecule has 0 amide bonds. The van der Waals surface area contributed by atoms with E-state index in [1.54, 1.807) is 19.2 Å². The number of rotatable bonds is 6. The zero-order chi connectivity index (χ0) is 19.1. The van der Waals surface area contributed by atoms with Crippen LogP contribution in [0.2, 0.25) is 10.0 Å². The Kier molecular flexibility index (Phi) is 7.08. The molecule has 0 heterocycles. The average Bonchev–Trinajstić information content (AvgIpc) is 2.55. The minimum absolute atomic E-state index is 0.0950. The fraction of sp³-hybridized carbons (Fsp3) is 0.176. The third-order valence-corrected chi connectivity index (χ3v) is 3.81. The van der Waals surface area contributed by atoms with Gasteiger partial charge in [-0.25, -0.2) is 4.99 Å². The first-order chi connectivity index (χ1) is 12.4. The first-order valence-corrected chi connectivity index (χ1v) is 8.31. The number of guanidine groups is 2. The molecule has 26 heavy (non-hydrogen) atoms. The van der Waals surface area contributed by atoms with E-state index in [0.29, 0.717) is 34.5 Å². The molecule has 0 radical (unpaired) electrons. The maximum Gasteiger partial charge on any atom is 0.223 e. The summed E-state index contributed by atoms with van der Waals surface area (Å²) in [6.45, 7) is 0.992. The number of nitrogens with zero attached hydrogens (tertiary/aromatic N) is 2. The lowest BCUT2D eigenvalue weighted by molar-refractivity contribution is 0.146. The van der Waals surface area contributed by atoms with Crippen LogP contribution in [0.25, 0.3) is 11.1 Å². The molecule has 0 spiro atoms. The van der Waals surface area contributed by atoms with Crippen molar-refractivity contribution in [2.45, 2.75) is 0 Å². The van der Waals surface area contributed by atoms with E-state index in [1.165, 1.54) is 0 Å². The fourth-order valence-electron chi connectivity index (χ4n) is 2.15. The van der Waals surface area contributed by atoms with E-state index >= 15 is 0 Å². The number of hydrogen-bond donors (Lipinski definition) is 3. The normalized spacial score (nSPS) is 11.3. The van der Waals surface area contributed by atoms with Gasteiger partial charge in [0.05, 0.1) is 22.3 Å². The van der Waals surface area contributed by atoms with Crippen LogP contribution in [0.3, 0.4) is 0 Å². The number of nitrogens with two attached hydrogens (primary N) is 3. The van der Waals surface area contributed by atoms with Gasteiger partial charge in [-0.1, -0.05) is 35.3 Å². The maximum absolute atomic E-state index is 6.37. The summed E-state index contributed by atoms with van der Waals surface area (Å²) in [5.41, 5.74) is 18.1. The van der Waals surface area contributed by atoms with Crippen LogP contribution in [0.4, 0.5) is 5.69 Å². The van der Waals surface area contributed by atoms with Crippen molar-refractivity contribution < 1.29 is 9.47 Å². The molecule has 0 aliphatic heterocycles. The molecule has 2 aromatic carbocycles. The molecule has 0 fully saturated rings. The summed E-state index contributed by atoms with van der Waals surface area (Å²) < 4.78 is 10.5. The van der Waals surface area contributed by atoms with Crippen molar-refractivity contribution in [1.82, 2.24) is 0 Å². The van der Waals surface area contributed by atoms with Gasteiger partial charge in [-0.2, -0.15) is 4.99 Å². The second-order valence-electron chi connectivity index (χ2n) is 5.16. The number of halogens is 2. The summed E-state index contributed by atoms with van der Waals surface area (Å²) >= 11 is 12.7. The lowest BCUT2D eigenvalue weighted by Crippen LogP contribution is -2.26. The third kappa shape index (κ3) is 5.52. The highest BCUT2D eigenvalue weighted by atomic mass is 35.5. The van der Waals surface area contributed by atoms with Crippen LogP contribution in [-0.2, 0) is 4.74 Å². The van der Waals surface area contributed by atoms with E-state index in [4.69, 9.17) is 49.9 Å². The second kappa shape index (κ2) is 9.28. The Morgan fingerprint density at radius 3 is 2.15 bits per heavy atom. The Bertz CT molecular complexity index is 795. The number of aliphatic imine (C=N–C) groups is 2. The quantitative estimate of drug-likeness (QED) is 0.394. The molecular formula is C17H19Cl2N5O2. The Balaban J connectivity index is 2.26. The molecule has 0 aliphatic carbocycles. The van der Waals surface area contributed by atoms with E-state index in [0.717, 1.165) is 11.3 Å². The number of methoxy groups -OCH3 is 1. The van der Waals surface area contributed by atoms with E-state index in [1.807, 2.05) is 24.3 Å². The highest BCUT2D eigenvalue weighted by molar-refractivity contribution is 6.39. The van der Waals surface area contributed by atoms with Crippen LogP contribution in [-0.4, -0.2) is 32.2 Å². The van der Waals surface area contributed by atoms with Crippen molar-refractivity contribution in [3.05, 3.63) is 46.4 Å². The zero-order valence-corrected chi connectivity index (χ0v) is 15.6. The summed E-state index contributed by atoms with van der Waals surface area (Å²) in [7, 11) is 1.62. The molecule has 0 bridgehead atoms. The topological polar surface area (TPSA) is 121 Å². The number of ether oxygens (including phenoxy) is 2. The Morgan fingerprint density at radius 1 is 1.00 bits per heavy atom. The second-order valence-corrected chi connectivity index (χ2v) is 5.97. The van der Waals surface area contributed by atoms with Gasteiger partial charge in [-0.3, -0.25) is 0 Å². The monoisotopic (exact) mass is 395 g/mol. The summed E-state index contributed by atoms with van der Waals surface area (Å²) in [6.07, 6.45) is 0. The van der Waals surface area contributed by atoms with Gasteiger partial charge in [-0.05, 0) is 29.8 Å². The smallest absolute Gasteiger partial charge is 0.223 e. The predicted octanol–water partition coefficient (Wildman–Crippen LogP) is 2.91. The molecule has 2 rings (SSSR count). The molecule has 0 unspecified atom stereocenters. The Hall–Kier alpha value is -2.48. The van der Waals surface area contributed by atoms with Crippen LogP contribution >= 0.6 is 23.2 Å². The maximum atomic E-state index is 6.37. The molecule has 2 aromatic rings. The lowest BCUT2D eigenvalue weighted by Gasteiger charge is -2.10. The van der Waals surface area contributed by atoms with E-state index in [-0.39, 0.29) is 11.9 Å². The molecule has 0 saturated carbocycles. The average molecular weight is 396 g/mol. The largest absolute Gasteiger partial charge is 0.491 e. The van der Waals surface area contributed by atoms with Gasteiger partial charge in [0.15, 0.2) is 5.96 Å². The summed E-state index contributed by atoms with van der Waals surface area (Å²) in [5, 5.41) is 0.837. The summed E-state index contributed by atoms with van der Waals surface area (Å²) in [4.78, 5) is 7.70. The fourth-order valence-corrected chi connectivity index (χ4v) is 2.84. The minimum Gasteiger partial charge on any atom is -0.491 e. The molecule has 6 N–H and O–H groups in total. The number of benzene rings is 2. The third-order valence-electron chi connectivity index (χ3n) is 3.21. The Morgan fingerprint density at radius 2 is 1.62 bits per heavy atom. The molecule has 7 nitrogen and oxygen atoms in total. The lowest BCUT2D eigenvalue weighted by atomic mass is 10.0. The van der Waals surface area contributed by atoms with Gasteiger partial charge in [0.25, 0.3) is 0 Å². The van der Waals surface area contributed by atoms with Gasteiger partial charge < -0.3 is 26.7 Å². The summed E-state index contributed by atoms with van der Waals surface area (Å²) in [6, 6.07) is 10.7. The molecule has 9 heteroatoms. The molecule has 138 valence electrons. The SMILES string of the molecule is COCCOc1ccc(-c2c(Cl)cc(N=C(N)N=C(N)N)cc2Cl)cc1. The first-order valence-electron chi connectivity index (χ1n) is 7.55. The van der Waals surface area contributed by atoms with Crippen LogP contribution in [0, 0.1) is 0 Å². The zero-order valence-electron chi connectivity index (χ0n) is 14.1. The van der Waals surface area contributed by atoms with Gasteiger partial charge in [0, 0.05) is 12.7 Å². The van der Waals surface area contributed by atoms with Crippen molar-refractivity contribution in [2.75, 3.05) is 20.3 Å². The highest BCUT2D eigenvalue weighted by Crippen LogP contribution is 2.38. The molecule has 0 aromatic heterocycles. The first kappa shape index (κ1) is 19.8. The van der Waals surface area contributed by atoms with Gasteiger partial charge in [0.1, 0.15) is 12.4 Å². The molecular weight excluding hydrogens is 377 g/mol. The molecule has 0 saturated heterocycles. The van der Waals surface area contributed by atoms with Crippen molar-refractivity contribution in [1.29, 1.82) is 0 Å². The van der Waals surface area contributed by atoms with Crippen molar-refractivity contribution in [2.24, 2.45) is 27.2 Å². The Labute approximate surface area is 161 Å². The van der Waals surface area contributed by atoms with Gasteiger partial charge in [-0.15, -0.1) is 0 Å². The van der Waals surface area contributed by atoms with Crippen LogP contribution in [0.15, 0.2) is 46.4 Å². The number of hydrogen-bond acceptors (Lipinski definition) is 3. The van der Waals surface area contributed by atoms with Crippen molar-refractivity contribution in [3.63, 3.8) is 0 Å². The molecule has 0 aliphatic rings. The van der Waals surface area contributed by atoms with Crippen molar-refractivity contribution >= 4 is 40.8 Å². The minimum atomic E-state index is -0.187. The highest BCUT2D eigenvalue weighted by Gasteiger charge is 2.11. The van der Waals surface area contributed by atoms with Gasteiger partial charge in [0.2, 0.25) is 5.96 Å². The van der Waals surface area contributed by atoms with E-state index in [2.05, 4.69) is 9.98 Å².